The molecule has 3 heteroatoms. The first-order valence-electron chi connectivity index (χ1n) is 5.14. The molecule has 0 amide bonds. The van der Waals surface area contributed by atoms with E-state index in [9.17, 15) is 4.79 Å². The van der Waals surface area contributed by atoms with Crippen molar-refractivity contribution >= 4 is 18.6 Å². The molecule has 0 aromatic carbocycles. The molecule has 0 spiro atoms. The Morgan fingerprint density at radius 1 is 1.43 bits per heavy atom. The van der Waals surface area contributed by atoms with Crippen molar-refractivity contribution in [2.75, 3.05) is 12.4 Å². The van der Waals surface area contributed by atoms with Gasteiger partial charge >= 0.3 is 5.97 Å². The molecule has 0 bridgehead atoms. The van der Waals surface area contributed by atoms with E-state index in [0.29, 0.717) is 24.7 Å². The summed E-state index contributed by atoms with van der Waals surface area (Å²) in [6.45, 7) is 9.12. The number of hydrogen-bond donors (Lipinski definition) is 1. The van der Waals surface area contributed by atoms with Gasteiger partial charge in [0.2, 0.25) is 0 Å². The van der Waals surface area contributed by atoms with E-state index >= 15 is 0 Å². The van der Waals surface area contributed by atoms with Crippen molar-refractivity contribution in [3.8, 4) is 0 Å². The summed E-state index contributed by atoms with van der Waals surface area (Å²) in [7, 11) is 0. The molecule has 0 rings (SSSR count). The van der Waals surface area contributed by atoms with E-state index in [4.69, 9.17) is 4.74 Å². The number of carbonyl (C=O) groups is 1. The predicted molar refractivity (Wildman–Crippen MR) is 62.7 cm³/mol. The minimum Gasteiger partial charge on any atom is -0.465 e. The largest absolute Gasteiger partial charge is 0.465 e. The first kappa shape index (κ1) is 13.8. The number of rotatable bonds is 6. The Morgan fingerprint density at radius 2 is 2.00 bits per heavy atom. The maximum atomic E-state index is 11.1. The van der Waals surface area contributed by atoms with E-state index < -0.39 is 0 Å². The molecular weight excluding hydrogens is 196 g/mol. The minimum absolute atomic E-state index is 0.0838. The lowest BCUT2D eigenvalue weighted by molar-refractivity contribution is -0.146. The fourth-order valence-electron chi connectivity index (χ4n) is 1.60. The molecule has 0 aliphatic carbocycles. The topological polar surface area (TPSA) is 26.3 Å². The van der Waals surface area contributed by atoms with Crippen molar-refractivity contribution in [3.63, 3.8) is 0 Å². The Kier molecular flexibility index (Phi) is 6.25. The van der Waals surface area contributed by atoms with Gasteiger partial charge in [0.1, 0.15) is 0 Å². The van der Waals surface area contributed by atoms with Gasteiger partial charge in [0.25, 0.3) is 0 Å². The molecule has 0 atom stereocenters. The summed E-state index contributed by atoms with van der Waals surface area (Å²) in [5.41, 5.74) is 0.0838. The Bertz CT molecular complexity index is 176. The summed E-state index contributed by atoms with van der Waals surface area (Å²) in [6.07, 6.45) is 1.47. The zero-order chi connectivity index (χ0) is 11.2. The standard InChI is InChI=1S/C11H22O2S/c1-9(2)7-11(3,4)8-13-10(12)5-6-14/h9,14H,5-8H2,1-4H3. The highest BCUT2D eigenvalue weighted by atomic mass is 32.1. The summed E-state index contributed by atoms with van der Waals surface area (Å²) in [5.74, 6) is 1.05. The highest BCUT2D eigenvalue weighted by molar-refractivity contribution is 7.80. The molecule has 0 aromatic rings. The summed E-state index contributed by atoms with van der Waals surface area (Å²) in [6, 6.07) is 0. The third kappa shape index (κ3) is 7.25. The van der Waals surface area contributed by atoms with E-state index in [1.165, 1.54) is 0 Å². The maximum absolute atomic E-state index is 11.1. The summed E-state index contributed by atoms with van der Waals surface area (Å²) in [4.78, 5) is 11.1. The van der Waals surface area contributed by atoms with Crippen LogP contribution in [-0.2, 0) is 9.53 Å². The zero-order valence-electron chi connectivity index (χ0n) is 9.67. The smallest absolute Gasteiger partial charge is 0.306 e. The Hall–Kier alpha value is -0.180. The monoisotopic (exact) mass is 218 g/mol. The van der Waals surface area contributed by atoms with Crippen LogP contribution in [0.25, 0.3) is 0 Å². The first-order valence-corrected chi connectivity index (χ1v) is 5.77. The minimum atomic E-state index is -0.142. The Labute approximate surface area is 92.8 Å². The van der Waals surface area contributed by atoms with Crippen molar-refractivity contribution in [2.45, 2.75) is 40.5 Å². The predicted octanol–water partition coefficient (Wildman–Crippen LogP) is 2.92. The van der Waals surface area contributed by atoms with Crippen LogP contribution in [0, 0.1) is 11.3 Å². The molecule has 0 aliphatic heterocycles. The lowest BCUT2D eigenvalue weighted by Gasteiger charge is -2.25. The van der Waals surface area contributed by atoms with Gasteiger partial charge in [-0.1, -0.05) is 27.7 Å². The average molecular weight is 218 g/mol. The normalized spacial score (nSPS) is 11.9. The van der Waals surface area contributed by atoms with Crippen molar-refractivity contribution < 1.29 is 9.53 Å². The molecule has 2 nitrogen and oxygen atoms in total. The fourth-order valence-corrected chi connectivity index (χ4v) is 1.79. The van der Waals surface area contributed by atoms with Crippen LogP contribution in [0.3, 0.4) is 0 Å². The summed E-state index contributed by atoms with van der Waals surface area (Å²) in [5, 5.41) is 0. The van der Waals surface area contributed by atoms with Gasteiger partial charge in [0.15, 0.2) is 0 Å². The van der Waals surface area contributed by atoms with E-state index in [-0.39, 0.29) is 11.4 Å². The van der Waals surface area contributed by atoms with Crippen LogP contribution in [0.1, 0.15) is 40.5 Å². The Balaban J connectivity index is 3.80. The lowest BCUT2D eigenvalue weighted by atomic mass is 9.85. The van der Waals surface area contributed by atoms with Gasteiger partial charge in [-0.15, -0.1) is 0 Å². The summed E-state index contributed by atoms with van der Waals surface area (Å²) >= 11 is 3.98. The second-order valence-electron chi connectivity index (χ2n) is 4.90. The van der Waals surface area contributed by atoms with Crippen molar-refractivity contribution in [3.05, 3.63) is 0 Å². The maximum Gasteiger partial charge on any atom is 0.306 e. The SMILES string of the molecule is CC(C)CC(C)(C)COC(=O)CCS. The van der Waals surface area contributed by atoms with Crippen LogP contribution in [0.2, 0.25) is 0 Å². The van der Waals surface area contributed by atoms with Crippen LogP contribution < -0.4 is 0 Å². The van der Waals surface area contributed by atoms with Gasteiger partial charge in [0, 0.05) is 5.75 Å². The molecule has 0 radical (unpaired) electrons. The van der Waals surface area contributed by atoms with E-state index in [0.717, 1.165) is 6.42 Å². The quantitative estimate of drug-likeness (QED) is 0.548. The molecule has 0 heterocycles. The number of thiol groups is 1. The highest BCUT2D eigenvalue weighted by Gasteiger charge is 2.21. The van der Waals surface area contributed by atoms with Crippen molar-refractivity contribution in [2.24, 2.45) is 11.3 Å². The van der Waals surface area contributed by atoms with Crippen molar-refractivity contribution in [1.82, 2.24) is 0 Å². The van der Waals surface area contributed by atoms with Gasteiger partial charge in [-0.05, 0) is 17.8 Å². The number of hydrogen-bond acceptors (Lipinski definition) is 3. The van der Waals surface area contributed by atoms with Crippen LogP contribution in [0.5, 0.6) is 0 Å². The van der Waals surface area contributed by atoms with Crippen molar-refractivity contribution in [1.29, 1.82) is 0 Å². The van der Waals surface area contributed by atoms with Gasteiger partial charge in [-0.3, -0.25) is 4.79 Å². The van der Waals surface area contributed by atoms with Crippen LogP contribution in [0.15, 0.2) is 0 Å². The molecule has 0 aliphatic rings. The molecule has 0 fully saturated rings. The lowest BCUT2D eigenvalue weighted by Crippen LogP contribution is -2.23. The van der Waals surface area contributed by atoms with E-state index in [1.807, 2.05) is 0 Å². The molecule has 84 valence electrons. The highest BCUT2D eigenvalue weighted by Crippen LogP contribution is 2.25. The second kappa shape index (κ2) is 6.33. The molecule has 0 saturated carbocycles. The zero-order valence-corrected chi connectivity index (χ0v) is 10.6. The first-order chi connectivity index (χ1) is 6.37. The molecule has 0 aromatic heterocycles. The van der Waals surface area contributed by atoms with E-state index in [2.05, 4.69) is 40.3 Å². The Morgan fingerprint density at radius 3 is 2.43 bits per heavy atom. The van der Waals surface area contributed by atoms with Gasteiger partial charge in [-0.2, -0.15) is 12.6 Å². The number of carbonyl (C=O) groups excluding carboxylic acids is 1. The fraction of sp³-hybridized carbons (Fsp3) is 0.909. The van der Waals surface area contributed by atoms with Gasteiger partial charge in [0.05, 0.1) is 13.0 Å². The third-order valence-electron chi connectivity index (χ3n) is 1.90. The van der Waals surface area contributed by atoms with Gasteiger partial charge < -0.3 is 4.74 Å². The number of esters is 1. The molecule has 0 saturated heterocycles. The summed E-state index contributed by atoms with van der Waals surface area (Å²) < 4.78 is 5.16. The molecule has 0 N–H and O–H groups in total. The molecule has 14 heavy (non-hydrogen) atoms. The average Bonchev–Trinajstić information content (AvgIpc) is 1.99. The second-order valence-corrected chi connectivity index (χ2v) is 5.34. The van der Waals surface area contributed by atoms with Crippen LogP contribution in [-0.4, -0.2) is 18.3 Å². The third-order valence-corrected chi connectivity index (χ3v) is 2.12. The molecule has 0 unspecified atom stereocenters. The van der Waals surface area contributed by atoms with Crippen LogP contribution >= 0.6 is 12.6 Å². The van der Waals surface area contributed by atoms with E-state index in [1.54, 1.807) is 0 Å². The number of ether oxygens (including phenoxy) is 1. The van der Waals surface area contributed by atoms with Gasteiger partial charge in [-0.25, -0.2) is 0 Å². The van der Waals surface area contributed by atoms with Crippen LogP contribution in [0.4, 0.5) is 0 Å². The molecular formula is C11H22O2S.